The third-order valence-corrected chi connectivity index (χ3v) is 4.33. The lowest BCUT2D eigenvalue weighted by atomic mass is 10.0. The molecule has 0 radical (unpaired) electrons. The Hall–Kier alpha value is -2.79. The molecule has 0 aliphatic heterocycles. The van der Waals surface area contributed by atoms with Crippen molar-refractivity contribution in [3.63, 3.8) is 0 Å². The van der Waals surface area contributed by atoms with Crippen LogP contribution in [0.25, 0.3) is 11.1 Å². The highest BCUT2D eigenvalue weighted by atomic mass is 16.2. The van der Waals surface area contributed by atoms with Crippen LogP contribution in [0.15, 0.2) is 54.6 Å². The lowest BCUT2D eigenvalue weighted by Crippen LogP contribution is -2.33. The minimum absolute atomic E-state index is 0.0665. The van der Waals surface area contributed by atoms with Gasteiger partial charge in [0.15, 0.2) is 5.78 Å². The number of nitrogens with one attached hydrogen (secondary N) is 1. The van der Waals surface area contributed by atoms with Gasteiger partial charge in [0.25, 0.3) is 0 Å². The number of hydrogen-bond donors (Lipinski definition) is 2. The van der Waals surface area contributed by atoms with Crippen LogP contribution in [0.4, 0.5) is 0 Å². The third kappa shape index (κ3) is 10.1. The number of hydrogen-bond acceptors (Lipinski definition) is 4. The molecule has 2 aromatic rings. The van der Waals surface area contributed by atoms with Crippen molar-refractivity contribution in [1.29, 1.82) is 0 Å². The summed E-state index contributed by atoms with van der Waals surface area (Å²) in [5.41, 5.74) is 3.07. The first-order valence-electron chi connectivity index (χ1n) is 10.3. The highest BCUT2D eigenvalue weighted by Gasteiger charge is 2.26. The van der Waals surface area contributed by atoms with Gasteiger partial charge in [0.1, 0.15) is 5.78 Å². The Morgan fingerprint density at radius 1 is 0.867 bits per heavy atom. The molecule has 0 bridgehead atoms. The minimum Gasteiger partial charge on any atom is -0.400 e. The summed E-state index contributed by atoms with van der Waals surface area (Å²) in [6, 6.07) is 18.2. The van der Waals surface area contributed by atoms with Crippen LogP contribution >= 0.6 is 0 Å². The molecule has 1 saturated carbocycles. The Balaban J connectivity index is 0.000000498. The summed E-state index contributed by atoms with van der Waals surface area (Å²) in [6.45, 7) is 8.66. The van der Waals surface area contributed by atoms with Crippen LogP contribution < -0.4 is 5.32 Å². The van der Waals surface area contributed by atoms with E-state index in [4.69, 9.17) is 5.11 Å². The summed E-state index contributed by atoms with van der Waals surface area (Å²) in [7, 11) is 1.00. The molecule has 0 aromatic heterocycles. The lowest BCUT2D eigenvalue weighted by Gasteiger charge is -2.06. The quantitative estimate of drug-likeness (QED) is 0.551. The van der Waals surface area contributed by atoms with Crippen molar-refractivity contribution in [3.8, 4) is 11.1 Å². The maximum Gasteiger partial charge on any atom is 0.230 e. The minimum atomic E-state index is -0.476. The summed E-state index contributed by atoms with van der Waals surface area (Å²) in [6.07, 6.45) is 2.13. The van der Waals surface area contributed by atoms with Crippen molar-refractivity contribution < 1.29 is 19.5 Å². The zero-order chi connectivity index (χ0) is 23.1. The normalized spacial score (nSPS) is 12.4. The van der Waals surface area contributed by atoms with Crippen molar-refractivity contribution in [3.05, 3.63) is 60.2 Å². The second-order valence-corrected chi connectivity index (χ2v) is 6.61. The molecule has 3 rings (SSSR count). The molecule has 1 aliphatic carbocycles. The molecule has 1 unspecified atom stereocenters. The van der Waals surface area contributed by atoms with E-state index in [0.29, 0.717) is 6.04 Å². The molecule has 30 heavy (non-hydrogen) atoms. The molecular formula is C25H35NO4. The number of benzene rings is 2. The van der Waals surface area contributed by atoms with E-state index in [2.05, 4.69) is 17.4 Å². The van der Waals surface area contributed by atoms with Crippen molar-refractivity contribution in [2.24, 2.45) is 5.92 Å². The fourth-order valence-corrected chi connectivity index (χ4v) is 2.27. The van der Waals surface area contributed by atoms with Gasteiger partial charge >= 0.3 is 0 Å². The summed E-state index contributed by atoms with van der Waals surface area (Å²) in [5, 5.41) is 9.78. The summed E-state index contributed by atoms with van der Waals surface area (Å²) in [4.78, 5) is 32.9. The van der Waals surface area contributed by atoms with E-state index in [0.717, 1.165) is 31.1 Å². The van der Waals surface area contributed by atoms with Gasteiger partial charge in [-0.1, -0.05) is 68.4 Å². The maximum absolute atomic E-state index is 11.1. The van der Waals surface area contributed by atoms with E-state index in [1.165, 1.54) is 12.5 Å². The number of aliphatic hydroxyl groups excluding tert-OH is 1. The van der Waals surface area contributed by atoms with E-state index in [1.54, 1.807) is 13.8 Å². The summed E-state index contributed by atoms with van der Waals surface area (Å²) in [5.74, 6) is -0.562. The van der Waals surface area contributed by atoms with Gasteiger partial charge in [0.05, 0.1) is 5.92 Å². The molecular weight excluding hydrogens is 378 g/mol. The van der Waals surface area contributed by atoms with Crippen molar-refractivity contribution in [1.82, 2.24) is 5.32 Å². The van der Waals surface area contributed by atoms with E-state index in [1.807, 2.05) is 56.3 Å². The van der Waals surface area contributed by atoms with E-state index in [-0.39, 0.29) is 17.5 Å². The molecule has 1 fully saturated rings. The molecule has 0 spiro atoms. The van der Waals surface area contributed by atoms with Crippen LogP contribution in [-0.4, -0.2) is 35.7 Å². The van der Waals surface area contributed by atoms with Crippen molar-refractivity contribution in [2.75, 3.05) is 7.11 Å². The number of amides is 1. The standard InChI is InChI=1S/C14H12O.C8H13NO2.C2H6.CH4O/c1-11(15)12-7-9-14(10-8-12)13-5-3-2-4-6-13;1-5(6(2)10)8(11)9-7-3-4-7;2*1-2/h2-10H,1H3;5,7H,3-4H2,1-2H3,(H,9,11);1-2H3;2H,1H3. The number of aliphatic hydroxyl groups is 1. The van der Waals surface area contributed by atoms with Crippen LogP contribution in [0.3, 0.4) is 0 Å². The lowest BCUT2D eigenvalue weighted by molar-refractivity contribution is -0.132. The number of carbonyl (C=O) groups is 3. The van der Waals surface area contributed by atoms with E-state index < -0.39 is 5.92 Å². The van der Waals surface area contributed by atoms with Crippen LogP contribution in [0, 0.1) is 5.92 Å². The van der Waals surface area contributed by atoms with Gasteiger partial charge in [-0.25, -0.2) is 0 Å². The smallest absolute Gasteiger partial charge is 0.230 e. The molecule has 5 heteroatoms. The molecule has 0 saturated heterocycles. The zero-order valence-corrected chi connectivity index (χ0v) is 18.9. The number of ketones is 2. The van der Waals surface area contributed by atoms with Gasteiger partial charge < -0.3 is 10.4 Å². The van der Waals surface area contributed by atoms with Gasteiger partial charge in [-0.15, -0.1) is 0 Å². The van der Waals surface area contributed by atoms with Gasteiger partial charge in [-0.3, -0.25) is 14.4 Å². The number of rotatable bonds is 5. The Kier molecular flexibility index (Phi) is 13.7. The van der Waals surface area contributed by atoms with Crippen molar-refractivity contribution in [2.45, 2.75) is 53.5 Å². The Morgan fingerprint density at radius 3 is 1.73 bits per heavy atom. The predicted octanol–water partition coefficient (Wildman–Crippen LogP) is 4.68. The van der Waals surface area contributed by atoms with Crippen LogP contribution in [0.2, 0.25) is 0 Å². The highest BCUT2D eigenvalue weighted by Crippen LogP contribution is 2.20. The average Bonchev–Trinajstić information content (AvgIpc) is 3.61. The van der Waals surface area contributed by atoms with Gasteiger partial charge in [0, 0.05) is 18.7 Å². The largest absolute Gasteiger partial charge is 0.400 e. The molecule has 0 heterocycles. The molecule has 5 nitrogen and oxygen atoms in total. The first-order valence-corrected chi connectivity index (χ1v) is 10.3. The molecule has 1 aliphatic rings. The molecule has 164 valence electrons. The van der Waals surface area contributed by atoms with Crippen LogP contribution in [-0.2, 0) is 9.59 Å². The third-order valence-electron chi connectivity index (χ3n) is 4.33. The second kappa shape index (κ2) is 15.1. The monoisotopic (exact) mass is 413 g/mol. The Bertz CT molecular complexity index is 765. The molecule has 1 atom stereocenters. The Labute approximate surface area is 180 Å². The second-order valence-electron chi connectivity index (χ2n) is 6.61. The maximum atomic E-state index is 11.1. The van der Waals surface area contributed by atoms with Gasteiger partial charge in [-0.2, -0.15) is 0 Å². The molecule has 1 amide bonds. The van der Waals surface area contributed by atoms with Crippen LogP contribution in [0.5, 0.6) is 0 Å². The van der Waals surface area contributed by atoms with E-state index >= 15 is 0 Å². The topological polar surface area (TPSA) is 83.5 Å². The molecule has 2 aromatic carbocycles. The van der Waals surface area contributed by atoms with E-state index in [9.17, 15) is 14.4 Å². The van der Waals surface area contributed by atoms with Gasteiger partial charge in [0.2, 0.25) is 5.91 Å². The first-order chi connectivity index (χ1) is 14.4. The predicted molar refractivity (Wildman–Crippen MR) is 122 cm³/mol. The summed E-state index contributed by atoms with van der Waals surface area (Å²) < 4.78 is 0. The van der Waals surface area contributed by atoms with Gasteiger partial charge in [-0.05, 0) is 44.7 Å². The summed E-state index contributed by atoms with van der Waals surface area (Å²) >= 11 is 0. The van der Waals surface area contributed by atoms with Crippen molar-refractivity contribution >= 4 is 17.5 Å². The fraction of sp³-hybridized carbons (Fsp3) is 0.400. The first kappa shape index (κ1) is 27.2. The highest BCUT2D eigenvalue weighted by molar-refractivity contribution is 6.00. The molecule has 2 N–H and O–H groups in total. The fourth-order valence-electron chi connectivity index (χ4n) is 2.27. The SMILES string of the molecule is CC.CC(=O)C(C)C(=O)NC1CC1.CC(=O)c1ccc(-c2ccccc2)cc1.CO. The van der Waals surface area contributed by atoms with Crippen LogP contribution in [0.1, 0.15) is 57.8 Å². The average molecular weight is 414 g/mol. The Morgan fingerprint density at radius 2 is 1.33 bits per heavy atom. The zero-order valence-electron chi connectivity index (χ0n) is 18.9. The number of Topliss-reactive ketones (excluding diaryl/α,β-unsaturated/α-hetero) is 2. The number of carbonyl (C=O) groups excluding carboxylic acids is 3.